The van der Waals surface area contributed by atoms with E-state index in [-0.39, 0.29) is 5.75 Å². The molecule has 0 N–H and O–H groups in total. The Labute approximate surface area is 145 Å². The van der Waals surface area contributed by atoms with Crippen molar-refractivity contribution in [1.82, 2.24) is 0 Å². The summed E-state index contributed by atoms with van der Waals surface area (Å²) in [6, 6.07) is 0. The highest BCUT2D eigenvalue weighted by Gasteiger charge is 2.09. The molecule has 0 spiro atoms. The average molecular weight is 349 g/mol. The maximum absolute atomic E-state index is 11.7. The summed E-state index contributed by atoms with van der Waals surface area (Å²) >= 11 is 0. The summed E-state index contributed by atoms with van der Waals surface area (Å²) in [7, 11) is -3.27. The van der Waals surface area contributed by atoms with Crippen LogP contribution in [0.3, 0.4) is 0 Å². The van der Waals surface area contributed by atoms with Gasteiger partial charge in [-0.3, -0.25) is 4.18 Å². The fourth-order valence-corrected chi connectivity index (χ4v) is 3.76. The largest absolute Gasteiger partial charge is 0.270 e. The molecule has 0 aromatic carbocycles. The van der Waals surface area contributed by atoms with Gasteiger partial charge in [0.25, 0.3) is 10.1 Å². The molecule has 0 aromatic rings. The fourth-order valence-electron chi connectivity index (χ4n) is 2.72. The number of hydrogen-bond acceptors (Lipinski definition) is 3. The Bertz CT molecular complexity index is 326. The first kappa shape index (κ1) is 22.9. The van der Waals surface area contributed by atoms with E-state index in [1.807, 2.05) is 0 Å². The monoisotopic (exact) mass is 348 g/mol. The zero-order valence-electron chi connectivity index (χ0n) is 15.7. The summed E-state index contributed by atoms with van der Waals surface area (Å²) in [4.78, 5) is 0. The lowest BCUT2D eigenvalue weighted by molar-refractivity contribution is 0.305. The zero-order chi connectivity index (χ0) is 17.2. The van der Waals surface area contributed by atoms with Gasteiger partial charge in [0.05, 0.1) is 12.4 Å². The summed E-state index contributed by atoms with van der Waals surface area (Å²) in [5.74, 6) is 0.186. The molecule has 0 aliphatic rings. The van der Waals surface area contributed by atoms with Crippen LogP contribution in [0.25, 0.3) is 0 Å². The van der Waals surface area contributed by atoms with Crippen LogP contribution in [0.5, 0.6) is 0 Å². The molecule has 0 unspecified atom stereocenters. The molecule has 0 rings (SSSR count). The third-order valence-corrected chi connectivity index (χ3v) is 5.57. The topological polar surface area (TPSA) is 43.4 Å². The molecule has 0 aliphatic heterocycles. The molecule has 0 aliphatic carbocycles. The van der Waals surface area contributed by atoms with Crippen molar-refractivity contribution in [3.8, 4) is 0 Å². The van der Waals surface area contributed by atoms with E-state index >= 15 is 0 Å². The molecular formula is C19H40O3S. The van der Waals surface area contributed by atoms with Crippen molar-refractivity contribution in [2.24, 2.45) is 0 Å². The summed E-state index contributed by atoms with van der Waals surface area (Å²) in [6.45, 7) is 4.74. The van der Waals surface area contributed by atoms with Gasteiger partial charge in [-0.05, 0) is 12.8 Å². The normalized spacial score (nSPS) is 11.9. The lowest BCUT2D eigenvalue weighted by Crippen LogP contribution is -2.11. The summed E-state index contributed by atoms with van der Waals surface area (Å²) in [5, 5.41) is 0. The highest BCUT2D eigenvalue weighted by atomic mass is 32.2. The zero-order valence-corrected chi connectivity index (χ0v) is 16.5. The minimum Gasteiger partial charge on any atom is -0.270 e. The Morgan fingerprint density at radius 2 is 0.957 bits per heavy atom. The van der Waals surface area contributed by atoms with E-state index in [4.69, 9.17) is 4.18 Å². The molecule has 3 nitrogen and oxygen atoms in total. The smallest absolute Gasteiger partial charge is 0.267 e. The molecule has 0 saturated heterocycles. The molecule has 140 valence electrons. The second-order valence-electron chi connectivity index (χ2n) is 6.68. The maximum Gasteiger partial charge on any atom is 0.267 e. The van der Waals surface area contributed by atoms with Gasteiger partial charge in [0.2, 0.25) is 0 Å². The van der Waals surface area contributed by atoms with Crippen LogP contribution in [0.1, 0.15) is 110 Å². The van der Waals surface area contributed by atoms with Crippen molar-refractivity contribution >= 4 is 10.1 Å². The molecule has 4 heteroatoms. The van der Waals surface area contributed by atoms with Crippen molar-refractivity contribution in [3.63, 3.8) is 0 Å². The average Bonchev–Trinajstić information content (AvgIpc) is 2.52. The van der Waals surface area contributed by atoms with Crippen LogP contribution >= 0.6 is 0 Å². The van der Waals surface area contributed by atoms with E-state index in [0.29, 0.717) is 6.61 Å². The first-order valence-electron chi connectivity index (χ1n) is 9.99. The van der Waals surface area contributed by atoms with Gasteiger partial charge in [-0.15, -0.1) is 0 Å². The van der Waals surface area contributed by atoms with Crippen molar-refractivity contribution in [2.45, 2.75) is 110 Å². The standard InChI is InChI=1S/C19H40O3S/c1-3-5-7-9-10-11-12-13-14-15-16-18-22-23(20,21)19-17-8-6-4-2/h3-19H2,1-2H3. The van der Waals surface area contributed by atoms with Gasteiger partial charge in [-0.1, -0.05) is 97.3 Å². The molecule has 23 heavy (non-hydrogen) atoms. The summed E-state index contributed by atoms with van der Waals surface area (Å²) in [6.07, 6.45) is 17.9. The quantitative estimate of drug-likeness (QED) is 0.218. The third kappa shape index (κ3) is 18.1. The molecule has 0 amide bonds. The second kappa shape index (κ2) is 16.8. The summed E-state index contributed by atoms with van der Waals surface area (Å²) in [5.41, 5.74) is 0. The van der Waals surface area contributed by atoms with Gasteiger partial charge in [0.1, 0.15) is 0 Å². The molecule has 0 bridgehead atoms. The Morgan fingerprint density at radius 3 is 1.43 bits per heavy atom. The number of rotatable bonds is 18. The van der Waals surface area contributed by atoms with Gasteiger partial charge >= 0.3 is 0 Å². The highest BCUT2D eigenvalue weighted by molar-refractivity contribution is 7.86. The fraction of sp³-hybridized carbons (Fsp3) is 1.00. The van der Waals surface area contributed by atoms with Crippen molar-refractivity contribution in [2.75, 3.05) is 12.4 Å². The maximum atomic E-state index is 11.7. The van der Waals surface area contributed by atoms with Crippen LogP contribution in [0.2, 0.25) is 0 Å². The first-order valence-corrected chi connectivity index (χ1v) is 11.6. The molecule has 0 aromatic heterocycles. The van der Waals surface area contributed by atoms with E-state index in [2.05, 4.69) is 13.8 Å². The van der Waals surface area contributed by atoms with Crippen molar-refractivity contribution in [1.29, 1.82) is 0 Å². The van der Waals surface area contributed by atoms with Gasteiger partial charge in [-0.25, -0.2) is 0 Å². The van der Waals surface area contributed by atoms with Crippen LogP contribution in [-0.2, 0) is 14.3 Å². The minimum absolute atomic E-state index is 0.186. The predicted molar refractivity (Wildman–Crippen MR) is 100 cm³/mol. The number of unbranched alkanes of at least 4 members (excludes halogenated alkanes) is 13. The third-order valence-electron chi connectivity index (χ3n) is 4.26. The van der Waals surface area contributed by atoms with E-state index in [1.165, 1.54) is 57.8 Å². The Hall–Kier alpha value is -0.0900. The molecule has 0 radical (unpaired) electrons. The highest BCUT2D eigenvalue weighted by Crippen LogP contribution is 2.11. The predicted octanol–water partition coefficient (Wildman–Crippen LogP) is 6.22. The lowest BCUT2D eigenvalue weighted by Gasteiger charge is -2.06. The van der Waals surface area contributed by atoms with Gasteiger partial charge in [0, 0.05) is 0 Å². The van der Waals surface area contributed by atoms with E-state index in [0.717, 1.165) is 38.5 Å². The minimum atomic E-state index is -3.27. The first-order chi connectivity index (χ1) is 11.1. The molecule has 0 saturated carbocycles. The van der Waals surface area contributed by atoms with Crippen LogP contribution in [0, 0.1) is 0 Å². The van der Waals surface area contributed by atoms with Gasteiger partial charge in [0.15, 0.2) is 0 Å². The van der Waals surface area contributed by atoms with Crippen LogP contribution in [0.4, 0.5) is 0 Å². The molecule has 0 atom stereocenters. The number of hydrogen-bond donors (Lipinski definition) is 0. The second-order valence-corrected chi connectivity index (χ2v) is 8.44. The van der Waals surface area contributed by atoms with Crippen molar-refractivity contribution < 1.29 is 12.6 Å². The van der Waals surface area contributed by atoms with Crippen LogP contribution in [-0.4, -0.2) is 20.8 Å². The van der Waals surface area contributed by atoms with Crippen LogP contribution < -0.4 is 0 Å². The van der Waals surface area contributed by atoms with Crippen LogP contribution in [0.15, 0.2) is 0 Å². The molecule has 0 fully saturated rings. The molecule has 0 heterocycles. The Morgan fingerprint density at radius 1 is 0.565 bits per heavy atom. The Balaban J connectivity index is 3.28. The van der Waals surface area contributed by atoms with Gasteiger partial charge < -0.3 is 0 Å². The molecular weight excluding hydrogens is 308 g/mol. The summed E-state index contributed by atoms with van der Waals surface area (Å²) < 4.78 is 28.4. The van der Waals surface area contributed by atoms with E-state index in [9.17, 15) is 8.42 Å². The van der Waals surface area contributed by atoms with Crippen molar-refractivity contribution in [3.05, 3.63) is 0 Å². The SMILES string of the molecule is CCCCCCCCCCCCCOS(=O)(=O)CCCCCC. The van der Waals surface area contributed by atoms with E-state index < -0.39 is 10.1 Å². The van der Waals surface area contributed by atoms with Gasteiger partial charge in [-0.2, -0.15) is 8.42 Å². The Kier molecular flexibility index (Phi) is 16.7. The van der Waals surface area contributed by atoms with E-state index in [1.54, 1.807) is 0 Å². The lowest BCUT2D eigenvalue weighted by atomic mass is 10.1.